The average Bonchev–Trinajstić information content (AvgIpc) is 2.49. The van der Waals surface area contributed by atoms with E-state index in [0.717, 1.165) is 6.42 Å². The lowest BCUT2D eigenvalue weighted by Crippen LogP contribution is -2.36. The van der Waals surface area contributed by atoms with Gasteiger partial charge in [-0.05, 0) is 28.3 Å². The molecule has 21 heavy (non-hydrogen) atoms. The average molecular weight is 280 g/mol. The highest BCUT2D eigenvalue weighted by Crippen LogP contribution is 2.21. The van der Waals surface area contributed by atoms with E-state index in [2.05, 4.69) is 36.4 Å². The summed E-state index contributed by atoms with van der Waals surface area (Å²) in [6.45, 7) is 4.05. The third-order valence-corrected chi connectivity index (χ3v) is 3.93. The van der Waals surface area contributed by atoms with E-state index < -0.39 is 0 Å². The quantitative estimate of drug-likeness (QED) is 0.851. The van der Waals surface area contributed by atoms with E-state index in [9.17, 15) is 4.79 Å². The SMILES string of the molecule is CC(C)C1OC(Cc2ccc3ccccc3c2)C=CC1=O. The Morgan fingerprint density at radius 3 is 2.62 bits per heavy atom. The van der Waals surface area contributed by atoms with Crippen molar-refractivity contribution in [3.8, 4) is 0 Å². The third-order valence-electron chi connectivity index (χ3n) is 3.93. The number of ketones is 1. The van der Waals surface area contributed by atoms with E-state index in [-0.39, 0.29) is 23.9 Å². The minimum absolute atomic E-state index is 0.0173. The molecule has 108 valence electrons. The first kappa shape index (κ1) is 14.0. The molecular weight excluding hydrogens is 260 g/mol. The third kappa shape index (κ3) is 3.06. The minimum atomic E-state index is -0.305. The van der Waals surface area contributed by atoms with Crippen molar-refractivity contribution in [3.05, 3.63) is 60.2 Å². The Morgan fingerprint density at radius 1 is 1.10 bits per heavy atom. The van der Waals surface area contributed by atoms with Crippen LogP contribution in [0.15, 0.2) is 54.6 Å². The number of benzene rings is 2. The largest absolute Gasteiger partial charge is 0.362 e. The molecule has 1 aliphatic heterocycles. The van der Waals surface area contributed by atoms with E-state index >= 15 is 0 Å². The molecule has 2 aromatic rings. The van der Waals surface area contributed by atoms with Gasteiger partial charge in [-0.3, -0.25) is 4.79 Å². The summed E-state index contributed by atoms with van der Waals surface area (Å²) < 4.78 is 5.94. The molecule has 2 heteroatoms. The molecule has 0 aromatic heterocycles. The topological polar surface area (TPSA) is 26.3 Å². The van der Waals surface area contributed by atoms with Crippen LogP contribution in [0.2, 0.25) is 0 Å². The van der Waals surface area contributed by atoms with Crippen LogP contribution in [-0.2, 0) is 16.0 Å². The lowest BCUT2D eigenvalue weighted by atomic mass is 9.97. The normalized spacial score (nSPS) is 22.1. The summed E-state index contributed by atoms with van der Waals surface area (Å²) in [4.78, 5) is 11.8. The maximum Gasteiger partial charge on any atom is 0.184 e. The standard InChI is InChI=1S/C19H20O2/c1-13(2)19-18(20)10-9-17(21-19)12-14-7-8-15-5-3-4-6-16(15)11-14/h3-11,13,17,19H,12H2,1-2H3. The lowest BCUT2D eigenvalue weighted by molar-refractivity contribution is -0.133. The summed E-state index contributed by atoms with van der Waals surface area (Å²) in [5, 5.41) is 2.49. The van der Waals surface area contributed by atoms with Gasteiger partial charge in [0.15, 0.2) is 5.78 Å². The summed E-state index contributed by atoms with van der Waals surface area (Å²) in [7, 11) is 0. The maximum atomic E-state index is 11.8. The molecule has 2 atom stereocenters. The number of hydrogen-bond acceptors (Lipinski definition) is 2. The van der Waals surface area contributed by atoms with Crippen molar-refractivity contribution >= 4 is 16.6 Å². The zero-order valence-electron chi connectivity index (χ0n) is 12.5. The summed E-state index contributed by atoms with van der Waals surface area (Å²) >= 11 is 0. The Bertz CT molecular complexity index is 685. The number of hydrogen-bond donors (Lipinski definition) is 0. The predicted molar refractivity (Wildman–Crippen MR) is 85.3 cm³/mol. The van der Waals surface area contributed by atoms with Gasteiger partial charge < -0.3 is 4.74 Å². The summed E-state index contributed by atoms with van der Waals surface area (Å²) in [6, 6.07) is 14.8. The molecule has 3 rings (SSSR count). The van der Waals surface area contributed by atoms with Gasteiger partial charge in [-0.25, -0.2) is 0 Å². The van der Waals surface area contributed by atoms with Crippen molar-refractivity contribution in [2.45, 2.75) is 32.5 Å². The Balaban J connectivity index is 1.79. The van der Waals surface area contributed by atoms with Crippen LogP contribution in [0.3, 0.4) is 0 Å². The van der Waals surface area contributed by atoms with Crippen molar-refractivity contribution in [1.82, 2.24) is 0 Å². The molecule has 0 amide bonds. The first-order valence-electron chi connectivity index (χ1n) is 7.48. The zero-order chi connectivity index (χ0) is 14.8. The van der Waals surface area contributed by atoms with Crippen molar-refractivity contribution in [3.63, 3.8) is 0 Å². The molecule has 0 fully saturated rings. The number of carbonyl (C=O) groups is 1. The number of rotatable bonds is 3. The monoisotopic (exact) mass is 280 g/mol. The van der Waals surface area contributed by atoms with Gasteiger partial charge >= 0.3 is 0 Å². The van der Waals surface area contributed by atoms with Crippen LogP contribution in [0.5, 0.6) is 0 Å². The van der Waals surface area contributed by atoms with E-state index in [1.165, 1.54) is 16.3 Å². The van der Waals surface area contributed by atoms with Crippen molar-refractivity contribution in [2.75, 3.05) is 0 Å². The highest BCUT2D eigenvalue weighted by molar-refractivity contribution is 5.94. The zero-order valence-corrected chi connectivity index (χ0v) is 12.5. The first-order chi connectivity index (χ1) is 10.1. The molecule has 2 aromatic carbocycles. The van der Waals surface area contributed by atoms with Crippen LogP contribution in [0.4, 0.5) is 0 Å². The van der Waals surface area contributed by atoms with Gasteiger partial charge in [0.2, 0.25) is 0 Å². The van der Waals surface area contributed by atoms with E-state index in [4.69, 9.17) is 4.74 Å². The van der Waals surface area contributed by atoms with E-state index in [0.29, 0.717) is 0 Å². The Hall–Kier alpha value is -1.93. The molecule has 0 saturated heterocycles. The summed E-state index contributed by atoms with van der Waals surface area (Å²) in [5.41, 5.74) is 1.24. The highest BCUT2D eigenvalue weighted by atomic mass is 16.5. The van der Waals surface area contributed by atoms with E-state index in [1.807, 2.05) is 26.0 Å². The fourth-order valence-electron chi connectivity index (χ4n) is 2.80. The molecule has 1 aliphatic rings. The van der Waals surface area contributed by atoms with Gasteiger partial charge in [-0.15, -0.1) is 0 Å². The van der Waals surface area contributed by atoms with Gasteiger partial charge in [0.05, 0.1) is 6.10 Å². The summed E-state index contributed by atoms with van der Waals surface area (Å²) in [5.74, 6) is 0.293. The van der Waals surface area contributed by atoms with Crippen LogP contribution in [0, 0.1) is 5.92 Å². The van der Waals surface area contributed by atoms with Gasteiger partial charge in [-0.2, -0.15) is 0 Å². The molecule has 2 unspecified atom stereocenters. The molecule has 0 spiro atoms. The molecule has 0 aliphatic carbocycles. The number of fused-ring (bicyclic) bond motifs is 1. The highest BCUT2D eigenvalue weighted by Gasteiger charge is 2.27. The molecule has 2 nitrogen and oxygen atoms in total. The van der Waals surface area contributed by atoms with E-state index in [1.54, 1.807) is 6.08 Å². The van der Waals surface area contributed by atoms with Gasteiger partial charge in [0, 0.05) is 6.42 Å². The molecular formula is C19H20O2. The summed E-state index contributed by atoms with van der Waals surface area (Å²) in [6.07, 6.45) is 4.05. The van der Waals surface area contributed by atoms with Crippen molar-refractivity contribution in [2.24, 2.45) is 5.92 Å². The molecule has 0 saturated carbocycles. The first-order valence-corrected chi connectivity index (χ1v) is 7.48. The van der Waals surface area contributed by atoms with Crippen LogP contribution >= 0.6 is 0 Å². The Kier molecular flexibility index (Phi) is 3.89. The fourth-order valence-corrected chi connectivity index (χ4v) is 2.80. The number of carbonyl (C=O) groups excluding carboxylic acids is 1. The smallest absolute Gasteiger partial charge is 0.184 e. The van der Waals surface area contributed by atoms with Gasteiger partial charge in [0.1, 0.15) is 6.10 Å². The van der Waals surface area contributed by atoms with Crippen LogP contribution in [0.1, 0.15) is 19.4 Å². The second kappa shape index (κ2) is 5.82. The fraction of sp³-hybridized carbons (Fsp3) is 0.316. The molecule has 1 heterocycles. The number of ether oxygens (including phenoxy) is 1. The van der Waals surface area contributed by atoms with Crippen LogP contribution in [-0.4, -0.2) is 18.0 Å². The molecule has 0 radical (unpaired) electrons. The Morgan fingerprint density at radius 2 is 1.86 bits per heavy atom. The van der Waals surface area contributed by atoms with Gasteiger partial charge in [0.25, 0.3) is 0 Å². The molecule has 0 N–H and O–H groups in total. The Labute approximate surface area is 125 Å². The maximum absolute atomic E-state index is 11.8. The van der Waals surface area contributed by atoms with Crippen molar-refractivity contribution in [1.29, 1.82) is 0 Å². The predicted octanol–water partition coefficient (Wildman–Crippen LogP) is 3.93. The molecule has 0 bridgehead atoms. The van der Waals surface area contributed by atoms with Crippen LogP contribution < -0.4 is 0 Å². The van der Waals surface area contributed by atoms with Crippen LogP contribution in [0.25, 0.3) is 10.8 Å². The second-order valence-corrected chi connectivity index (χ2v) is 5.99. The minimum Gasteiger partial charge on any atom is -0.362 e. The second-order valence-electron chi connectivity index (χ2n) is 5.99. The van der Waals surface area contributed by atoms with Gasteiger partial charge in [-0.1, -0.05) is 62.4 Å². The lowest BCUT2D eigenvalue weighted by Gasteiger charge is -2.27. The van der Waals surface area contributed by atoms with Crippen molar-refractivity contribution < 1.29 is 9.53 Å².